The number of hydrogen-bond acceptors (Lipinski definition) is 7. The van der Waals surface area contributed by atoms with Crippen LogP contribution in [0.25, 0.3) is 0 Å². The lowest BCUT2D eigenvalue weighted by atomic mass is 10.1. The van der Waals surface area contributed by atoms with Crippen molar-refractivity contribution in [2.45, 2.75) is 25.7 Å². The first kappa shape index (κ1) is 23.1. The Hall–Kier alpha value is -1.96. The van der Waals surface area contributed by atoms with Gasteiger partial charge in [-0.1, -0.05) is 30.0 Å². The molecule has 5 nitrogen and oxygen atoms in total. The minimum absolute atomic E-state index is 0.0382. The smallest absolute Gasteiger partial charge is 0.186 e. The highest BCUT2D eigenvalue weighted by Gasteiger charge is 2.07. The number of rotatable bonds is 8. The predicted molar refractivity (Wildman–Crippen MR) is 113 cm³/mol. The van der Waals surface area contributed by atoms with Crippen molar-refractivity contribution in [3.05, 3.63) is 54.1 Å². The Morgan fingerprint density at radius 3 is 1.96 bits per heavy atom. The molecular weight excluding hydrogens is 382 g/mol. The van der Waals surface area contributed by atoms with Crippen molar-refractivity contribution >= 4 is 34.6 Å². The number of carbonyl (C=O) groups excluding carboxylic acids is 2. The maximum Gasteiger partial charge on any atom is 0.186 e. The van der Waals surface area contributed by atoms with Crippen LogP contribution in [-0.2, 0) is 4.79 Å². The highest BCUT2D eigenvalue weighted by molar-refractivity contribution is 8.14. The van der Waals surface area contributed by atoms with Gasteiger partial charge in [0.2, 0.25) is 0 Å². The summed E-state index contributed by atoms with van der Waals surface area (Å²) in [5.41, 5.74) is 0.613. The summed E-state index contributed by atoms with van der Waals surface area (Å²) in [7, 11) is 0. The van der Waals surface area contributed by atoms with Crippen LogP contribution in [0.5, 0.6) is 11.5 Å². The molecule has 7 heteroatoms. The van der Waals surface area contributed by atoms with Crippen LogP contribution in [0.3, 0.4) is 0 Å². The molecule has 146 valence electrons. The minimum atomic E-state index is -0.0440. The van der Waals surface area contributed by atoms with E-state index >= 15 is 0 Å². The zero-order valence-corrected chi connectivity index (χ0v) is 17.4. The van der Waals surface area contributed by atoms with Crippen LogP contribution in [0.2, 0.25) is 0 Å². The normalized spacial score (nSPS) is 9.78. The lowest BCUT2D eigenvalue weighted by Gasteiger charge is -2.05. The molecule has 27 heavy (non-hydrogen) atoms. The molecule has 0 bridgehead atoms. The van der Waals surface area contributed by atoms with Gasteiger partial charge in [-0.25, -0.2) is 0 Å². The van der Waals surface area contributed by atoms with E-state index in [0.717, 1.165) is 40.1 Å². The summed E-state index contributed by atoms with van der Waals surface area (Å²) in [5.74, 6) is 1.89. The molecule has 0 amide bonds. The average molecular weight is 408 g/mol. The van der Waals surface area contributed by atoms with Gasteiger partial charge in [0.1, 0.15) is 11.5 Å². The van der Waals surface area contributed by atoms with Gasteiger partial charge in [0.25, 0.3) is 0 Å². The van der Waals surface area contributed by atoms with E-state index in [1.165, 1.54) is 6.92 Å². The molecule has 0 radical (unpaired) electrons. The zero-order valence-electron chi connectivity index (χ0n) is 15.8. The van der Waals surface area contributed by atoms with Crippen LogP contribution in [0.1, 0.15) is 31.1 Å². The van der Waals surface area contributed by atoms with E-state index in [-0.39, 0.29) is 16.7 Å². The van der Waals surface area contributed by atoms with Crippen molar-refractivity contribution in [3.8, 4) is 11.5 Å². The lowest BCUT2D eigenvalue weighted by Crippen LogP contribution is -2.03. The third-order valence-corrected chi connectivity index (χ3v) is 4.50. The first-order valence-electron chi connectivity index (χ1n) is 8.49. The van der Waals surface area contributed by atoms with Gasteiger partial charge in [-0.3, -0.25) is 14.7 Å². The molecule has 0 heterocycles. The van der Waals surface area contributed by atoms with Gasteiger partial charge in [-0.2, -0.15) is 0 Å². The number of carbonyl (C=O) groups is 2. The number of nitrogens with two attached hydrogens (primary N) is 1. The summed E-state index contributed by atoms with van der Waals surface area (Å²) >= 11 is 2.16. The summed E-state index contributed by atoms with van der Waals surface area (Å²) in [6.07, 6.45) is 0. The molecule has 0 saturated carbocycles. The third kappa shape index (κ3) is 9.51. The molecule has 0 fully saturated rings. The van der Waals surface area contributed by atoms with Crippen LogP contribution in [0, 0.1) is 0 Å². The maximum atomic E-state index is 11.5. The quantitative estimate of drug-likeness (QED) is 0.506. The second-order valence-electron chi connectivity index (χ2n) is 5.19. The van der Waals surface area contributed by atoms with Crippen molar-refractivity contribution < 1.29 is 19.1 Å². The van der Waals surface area contributed by atoms with Crippen molar-refractivity contribution in [2.24, 2.45) is 5.14 Å². The Morgan fingerprint density at radius 1 is 0.963 bits per heavy atom. The molecule has 0 atom stereocenters. The van der Waals surface area contributed by atoms with E-state index in [9.17, 15) is 9.59 Å². The Bertz CT molecular complexity index is 699. The number of benzene rings is 2. The molecule has 0 aliphatic carbocycles. The summed E-state index contributed by atoms with van der Waals surface area (Å²) in [6, 6.07) is 14.7. The van der Waals surface area contributed by atoms with Crippen molar-refractivity contribution in [2.75, 3.05) is 19.0 Å². The molecule has 0 spiro atoms. The van der Waals surface area contributed by atoms with E-state index in [1.54, 1.807) is 24.3 Å². The topological polar surface area (TPSA) is 78.6 Å². The van der Waals surface area contributed by atoms with Crippen molar-refractivity contribution in [1.82, 2.24) is 0 Å². The average Bonchev–Trinajstić information content (AvgIpc) is 2.67. The van der Waals surface area contributed by atoms with Crippen LogP contribution < -0.4 is 14.6 Å². The molecule has 2 N–H and O–H groups in total. The number of ether oxygens (including phenoxy) is 2. The third-order valence-electron chi connectivity index (χ3n) is 3.15. The Morgan fingerprint density at radius 2 is 1.52 bits per heavy atom. The van der Waals surface area contributed by atoms with E-state index in [1.807, 2.05) is 38.1 Å². The molecular formula is C20H25NO4S2. The largest absolute Gasteiger partial charge is 0.494 e. The van der Waals surface area contributed by atoms with Gasteiger partial charge in [-0.05, 0) is 50.1 Å². The second kappa shape index (κ2) is 13.2. The lowest BCUT2D eigenvalue weighted by molar-refractivity contribution is -0.109. The van der Waals surface area contributed by atoms with Crippen molar-refractivity contribution in [3.63, 3.8) is 0 Å². The Balaban J connectivity index is 0.000000277. The van der Waals surface area contributed by atoms with Gasteiger partial charge in [0, 0.05) is 23.4 Å². The summed E-state index contributed by atoms with van der Waals surface area (Å²) in [4.78, 5) is 23.1. The molecule has 2 rings (SSSR count). The fourth-order valence-corrected chi connectivity index (χ4v) is 2.75. The first-order chi connectivity index (χ1) is 13.0. The van der Waals surface area contributed by atoms with Gasteiger partial charge in [0.05, 0.1) is 19.0 Å². The van der Waals surface area contributed by atoms with Crippen LogP contribution >= 0.6 is 23.7 Å². The summed E-state index contributed by atoms with van der Waals surface area (Å²) in [6.45, 7) is 6.76. The van der Waals surface area contributed by atoms with E-state index in [4.69, 9.17) is 14.6 Å². The molecule has 2 aromatic rings. The van der Waals surface area contributed by atoms with E-state index < -0.39 is 0 Å². The Kier molecular flexibility index (Phi) is 11.3. The molecule has 0 aliphatic heterocycles. The molecule has 0 saturated heterocycles. The van der Waals surface area contributed by atoms with E-state index in [0.29, 0.717) is 18.8 Å². The zero-order chi connectivity index (χ0) is 20.1. The predicted octanol–water partition coefficient (Wildman–Crippen LogP) is 4.60. The second-order valence-corrected chi connectivity index (χ2v) is 7.05. The molecule has 0 aliphatic rings. The standard InChI is InChI=1S/C10H11NO2S2.C10H14O2/c1-7(12)14-6-10(13)8-2-4-9(15-11)5-3-8;1-3-11-9-6-5-7-10(8-9)12-4-2/h2-5H,6,11H2,1H3;5-8H,3-4H2,1-2H3. The monoisotopic (exact) mass is 407 g/mol. The fraction of sp³-hybridized carbons (Fsp3) is 0.300. The summed E-state index contributed by atoms with van der Waals surface area (Å²) in [5, 5.41) is 5.31. The maximum absolute atomic E-state index is 11.5. The van der Waals surface area contributed by atoms with Crippen LogP contribution in [0.4, 0.5) is 0 Å². The van der Waals surface area contributed by atoms with Gasteiger partial charge in [-0.15, -0.1) is 0 Å². The number of Topliss-reactive ketones (excluding diaryl/α,β-unsaturated/α-hetero) is 1. The number of hydrogen-bond donors (Lipinski definition) is 1. The number of ketones is 1. The fourth-order valence-electron chi connectivity index (χ4n) is 1.96. The highest BCUT2D eigenvalue weighted by Crippen LogP contribution is 2.19. The highest BCUT2D eigenvalue weighted by atomic mass is 32.2. The molecule has 0 aromatic heterocycles. The number of thioether (sulfide) groups is 1. The first-order valence-corrected chi connectivity index (χ1v) is 10.4. The SMILES string of the molecule is CC(=O)SCC(=O)c1ccc(SN)cc1.CCOc1cccc(OCC)c1. The van der Waals surface area contributed by atoms with Gasteiger partial charge >= 0.3 is 0 Å². The summed E-state index contributed by atoms with van der Waals surface area (Å²) < 4.78 is 10.6. The molecule has 2 aromatic carbocycles. The van der Waals surface area contributed by atoms with Gasteiger partial charge in [0.15, 0.2) is 10.9 Å². The molecule has 0 unspecified atom stereocenters. The van der Waals surface area contributed by atoms with E-state index in [2.05, 4.69) is 0 Å². The van der Waals surface area contributed by atoms with Crippen molar-refractivity contribution in [1.29, 1.82) is 0 Å². The van der Waals surface area contributed by atoms with Crippen LogP contribution in [0.15, 0.2) is 53.4 Å². The Labute approximate surface area is 169 Å². The van der Waals surface area contributed by atoms with Gasteiger partial charge < -0.3 is 9.47 Å². The van der Waals surface area contributed by atoms with Crippen LogP contribution in [-0.4, -0.2) is 29.9 Å². The minimum Gasteiger partial charge on any atom is -0.494 e.